The molecule has 0 aliphatic carbocycles. The minimum atomic E-state index is -0.732. The monoisotopic (exact) mass is 335 g/mol. The van der Waals surface area contributed by atoms with E-state index < -0.39 is 17.9 Å². The second kappa shape index (κ2) is 8.19. The molecule has 0 bridgehead atoms. The van der Waals surface area contributed by atoms with E-state index in [1.165, 1.54) is 16.9 Å². The summed E-state index contributed by atoms with van der Waals surface area (Å²) in [4.78, 5) is 38.9. The molecule has 1 heterocycles. The van der Waals surface area contributed by atoms with Crippen molar-refractivity contribution in [3.63, 3.8) is 0 Å². The molecular formula is C16H21N3O5. The van der Waals surface area contributed by atoms with Gasteiger partial charge in [-0.3, -0.25) is 9.59 Å². The highest BCUT2D eigenvalue weighted by Gasteiger charge is 2.28. The van der Waals surface area contributed by atoms with Gasteiger partial charge in [-0.2, -0.15) is 0 Å². The van der Waals surface area contributed by atoms with Gasteiger partial charge >= 0.3 is 17.9 Å². The summed E-state index contributed by atoms with van der Waals surface area (Å²) in [7, 11) is 1.49. The molecule has 130 valence electrons. The number of benzene rings is 1. The Morgan fingerprint density at radius 3 is 2.33 bits per heavy atom. The summed E-state index contributed by atoms with van der Waals surface area (Å²) < 4.78 is 10.1. The average molecular weight is 335 g/mol. The van der Waals surface area contributed by atoms with E-state index in [0.29, 0.717) is 31.1 Å². The van der Waals surface area contributed by atoms with Crippen molar-refractivity contribution >= 4 is 23.6 Å². The number of piperazine rings is 1. The number of hydrogen-bond acceptors (Lipinski definition) is 5. The number of hydrogen-bond donors (Lipinski definition) is 1. The van der Waals surface area contributed by atoms with E-state index in [4.69, 9.17) is 9.47 Å². The van der Waals surface area contributed by atoms with Crippen molar-refractivity contribution < 1.29 is 23.9 Å². The van der Waals surface area contributed by atoms with E-state index in [0.717, 1.165) is 0 Å². The molecule has 1 saturated heterocycles. The topological polar surface area (TPSA) is 88.2 Å². The summed E-state index contributed by atoms with van der Waals surface area (Å²) in [6, 6.07) is 6.85. The zero-order valence-electron chi connectivity index (χ0n) is 13.8. The third-order valence-corrected chi connectivity index (χ3v) is 3.64. The van der Waals surface area contributed by atoms with Crippen molar-refractivity contribution in [2.45, 2.75) is 6.92 Å². The van der Waals surface area contributed by atoms with Crippen molar-refractivity contribution in [2.75, 3.05) is 45.2 Å². The van der Waals surface area contributed by atoms with Crippen LogP contribution in [0.1, 0.15) is 6.92 Å². The second-order valence-electron chi connectivity index (χ2n) is 5.13. The van der Waals surface area contributed by atoms with Crippen LogP contribution in [0.15, 0.2) is 24.3 Å². The zero-order chi connectivity index (χ0) is 17.5. The smallest absolute Gasteiger partial charge is 0.409 e. The molecular weight excluding hydrogens is 314 g/mol. The molecule has 8 heteroatoms. The fourth-order valence-corrected chi connectivity index (χ4v) is 2.37. The van der Waals surface area contributed by atoms with Crippen LogP contribution >= 0.6 is 0 Å². The molecule has 2 rings (SSSR count). The highest BCUT2D eigenvalue weighted by Crippen LogP contribution is 2.23. The molecule has 1 aromatic carbocycles. The number of carbonyl (C=O) groups excluding carboxylic acids is 3. The molecule has 0 saturated carbocycles. The lowest BCUT2D eigenvalue weighted by Crippen LogP contribution is -2.53. The zero-order valence-corrected chi connectivity index (χ0v) is 13.8. The molecule has 24 heavy (non-hydrogen) atoms. The fraction of sp³-hybridized carbons (Fsp3) is 0.438. The summed E-state index contributed by atoms with van der Waals surface area (Å²) in [6.07, 6.45) is -0.400. The molecule has 8 nitrogen and oxygen atoms in total. The van der Waals surface area contributed by atoms with Gasteiger partial charge in [-0.15, -0.1) is 0 Å². The molecule has 1 aliphatic heterocycles. The van der Waals surface area contributed by atoms with Gasteiger partial charge in [0.05, 0.1) is 19.4 Å². The summed E-state index contributed by atoms with van der Waals surface area (Å²) in [6.45, 7) is 3.30. The molecule has 0 spiro atoms. The Balaban J connectivity index is 1.90. The SMILES string of the molecule is CCOC(=O)N1CCN(C(=O)C(=O)Nc2ccccc2OC)CC1. The fourth-order valence-electron chi connectivity index (χ4n) is 2.37. The van der Waals surface area contributed by atoms with Crippen LogP contribution in [0.4, 0.5) is 10.5 Å². The predicted octanol–water partition coefficient (Wildman–Crippen LogP) is 0.934. The van der Waals surface area contributed by atoms with Crippen LogP contribution in [0.5, 0.6) is 5.75 Å². The van der Waals surface area contributed by atoms with Crippen LogP contribution in [-0.2, 0) is 14.3 Å². The first-order valence-corrected chi connectivity index (χ1v) is 7.71. The Kier molecular flexibility index (Phi) is 6.00. The quantitative estimate of drug-likeness (QED) is 0.831. The Bertz CT molecular complexity index is 611. The number of carbonyl (C=O) groups is 3. The standard InChI is InChI=1S/C16H21N3O5/c1-3-24-16(22)19-10-8-18(9-11-19)15(21)14(20)17-12-6-4-5-7-13(12)23-2/h4-7H,3,8-11H2,1-2H3,(H,17,20). The van der Waals surface area contributed by atoms with Crippen molar-refractivity contribution in [1.29, 1.82) is 0 Å². The average Bonchev–Trinajstić information content (AvgIpc) is 2.61. The number of nitrogens with one attached hydrogen (secondary N) is 1. The lowest BCUT2D eigenvalue weighted by Gasteiger charge is -2.33. The Morgan fingerprint density at radius 2 is 1.71 bits per heavy atom. The van der Waals surface area contributed by atoms with Gasteiger partial charge in [0.1, 0.15) is 5.75 Å². The van der Waals surface area contributed by atoms with E-state index in [-0.39, 0.29) is 13.1 Å². The van der Waals surface area contributed by atoms with E-state index >= 15 is 0 Å². The molecule has 1 aromatic rings. The first-order valence-electron chi connectivity index (χ1n) is 7.71. The van der Waals surface area contributed by atoms with Gasteiger partial charge in [0.25, 0.3) is 0 Å². The maximum atomic E-state index is 12.2. The number of methoxy groups -OCH3 is 1. The van der Waals surface area contributed by atoms with Gasteiger partial charge in [0, 0.05) is 26.2 Å². The van der Waals surface area contributed by atoms with E-state index in [1.807, 2.05) is 0 Å². The van der Waals surface area contributed by atoms with Gasteiger partial charge in [-0.25, -0.2) is 4.79 Å². The number of rotatable bonds is 3. The number of nitrogens with zero attached hydrogens (tertiary/aromatic N) is 2. The van der Waals surface area contributed by atoms with Crippen LogP contribution < -0.4 is 10.1 Å². The number of anilines is 1. The van der Waals surface area contributed by atoms with Crippen LogP contribution in [0, 0.1) is 0 Å². The summed E-state index contributed by atoms with van der Waals surface area (Å²) in [5.41, 5.74) is 0.434. The van der Waals surface area contributed by atoms with E-state index in [2.05, 4.69) is 5.32 Å². The Hall–Kier alpha value is -2.77. The first kappa shape index (κ1) is 17.6. The molecule has 1 N–H and O–H groups in total. The molecule has 1 aliphatic rings. The summed E-state index contributed by atoms with van der Waals surface area (Å²) >= 11 is 0. The second-order valence-corrected chi connectivity index (χ2v) is 5.13. The van der Waals surface area contributed by atoms with Gasteiger partial charge in [0.2, 0.25) is 0 Å². The molecule has 3 amide bonds. The van der Waals surface area contributed by atoms with Gasteiger partial charge in [0.15, 0.2) is 0 Å². The third-order valence-electron chi connectivity index (χ3n) is 3.64. The maximum Gasteiger partial charge on any atom is 0.409 e. The third kappa shape index (κ3) is 4.15. The Labute approximate surface area is 140 Å². The molecule has 0 unspecified atom stereocenters. The predicted molar refractivity (Wildman–Crippen MR) is 86.8 cm³/mol. The molecule has 1 fully saturated rings. The number of amides is 3. The summed E-state index contributed by atoms with van der Waals surface area (Å²) in [5, 5.41) is 2.55. The number of para-hydroxylation sites is 2. The van der Waals surface area contributed by atoms with Gasteiger partial charge in [-0.1, -0.05) is 12.1 Å². The normalized spacial score (nSPS) is 14.1. The minimum absolute atomic E-state index is 0.289. The van der Waals surface area contributed by atoms with E-state index in [9.17, 15) is 14.4 Å². The van der Waals surface area contributed by atoms with Crippen molar-refractivity contribution in [1.82, 2.24) is 9.80 Å². The van der Waals surface area contributed by atoms with Crippen LogP contribution in [0.2, 0.25) is 0 Å². The van der Waals surface area contributed by atoms with Crippen LogP contribution in [0.25, 0.3) is 0 Å². The minimum Gasteiger partial charge on any atom is -0.495 e. The first-order chi connectivity index (χ1) is 11.6. The maximum absolute atomic E-state index is 12.2. The van der Waals surface area contributed by atoms with Crippen molar-refractivity contribution in [3.8, 4) is 5.75 Å². The van der Waals surface area contributed by atoms with E-state index in [1.54, 1.807) is 31.2 Å². The summed E-state index contributed by atoms with van der Waals surface area (Å²) in [5.74, 6) is -0.890. The molecule has 0 aromatic heterocycles. The van der Waals surface area contributed by atoms with Crippen LogP contribution in [-0.4, -0.2) is 67.6 Å². The largest absolute Gasteiger partial charge is 0.495 e. The van der Waals surface area contributed by atoms with Crippen LogP contribution in [0.3, 0.4) is 0 Å². The van der Waals surface area contributed by atoms with Gasteiger partial charge < -0.3 is 24.6 Å². The highest BCUT2D eigenvalue weighted by molar-refractivity contribution is 6.39. The molecule has 0 radical (unpaired) electrons. The molecule has 0 atom stereocenters. The lowest BCUT2D eigenvalue weighted by molar-refractivity contribution is -0.144. The Morgan fingerprint density at radius 1 is 1.08 bits per heavy atom. The highest BCUT2D eigenvalue weighted by atomic mass is 16.6. The van der Waals surface area contributed by atoms with Gasteiger partial charge in [-0.05, 0) is 19.1 Å². The number of ether oxygens (including phenoxy) is 2. The lowest BCUT2D eigenvalue weighted by atomic mass is 10.2. The van der Waals surface area contributed by atoms with Crippen molar-refractivity contribution in [3.05, 3.63) is 24.3 Å². The van der Waals surface area contributed by atoms with Crippen molar-refractivity contribution in [2.24, 2.45) is 0 Å².